The van der Waals surface area contributed by atoms with Crippen molar-refractivity contribution >= 4 is 35.3 Å². The number of carbonyl (C=O) groups is 2. The number of nitrogens with zero attached hydrogens (tertiary/aromatic N) is 2. The van der Waals surface area contributed by atoms with Crippen LogP contribution in [0.2, 0.25) is 5.02 Å². The number of alkyl carbamates (subject to hydrolysis) is 1. The number of hydrogen-bond donors (Lipinski definition) is 2. The minimum absolute atomic E-state index is 0.0598. The average molecular weight is 543 g/mol. The predicted octanol–water partition coefficient (Wildman–Crippen LogP) is 4.59. The zero-order valence-corrected chi connectivity index (χ0v) is 23.0. The fourth-order valence-electron chi connectivity index (χ4n) is 5.26. The minimum atomic E-state index is -0.943. The molecule has 1 atom stereocenters. The summed E-state index contributed by atoms with van der Waals surface area (Å²) in [5, 5.41) is 6.00. The summed E-state index contributed by atoms with van der Waals surface area (Å²) in [6, 6.07) is 7.14. The fourth-order valence-corrected chi connectivity index (χ4v) is 5.47. The van der Waals surface area contributed by atoms with E-state index in [2.05, 4.69) is 15.6 Å². The average Bonchev–Trinajstić information content (AvgIpc) is 3.15. The zero-order valence-electron chi connectivity index (χ0n) is 22.2. The van der Waals surface area contributed by atoms with Crippen molar-refractivity contribution < 1.29 is 28.5 Å². The molecule has 1 fully saturated rings. The number of pyridine rings is 1. The van der Waals surface area contributed by atoms with Crippen LogP contribution in [0.15, 0.2) is 35.5 Å². The maximum atomic E-state index is 13.0. The van der Waals surface area contributed by atoms with Crippen molar-refractivity contribution in [1.82, 2.24) is 10.3 Å². The Kier molecular flexibility index (Phi) is 6.11. The van der Waals surface area contributed by atoms with Gasteiger partial charge in [0, 0.05) is 17.4 Å². The van der Waals surface area contributed by atoms with Crippen LogP contribution in [0.3, 0.4) is 0 Å². The summed E-state index contributed by atoms with van der Waals surface area (Å²) in [7, 11) is 0. The molecule has 11 heteroatoms. The molecule has 1 aromatic heterocycles. The van der Waals surface area contributed by atoms with E-state index in [4.69, 9.17) is 35.5 Å². The molecule has 3 aliphatic rings. The van der Waals surface area contributed by atoms with Gasteiger partial charge in [-0.1, -0.05) is 11.6 Å². The Morgan fingerprint density at radius 1 is 1.11 bits per heavy atom. The first-order valence-corrected chi connectivity index (χ1v) is 12.7. The van der Waals surface area contributed by atoms with Crippen LogP contribution in [0.5, 0.6) is 5.75 Å². The number of fused-ring (bicyclic) bond motifs is 3. The number of aryl methyl sites for hydroxylation is 1. The smallest absolute Gasteiger partial charge is 0.415 e. The summed E-state index contributed by atoms with van der Waals surface area (Å²) >= 11 is 6.00. The first kappa shape index (κ1) is 26.2. The Bertz CT molecular complexity index is 1350. The van der Waals surface area contributed by atoms with Crippen LogP contribution in [-0.2, 0) is 19.7 Å². The van der Waals surface area contributed by atoms with Gasteiger partial charge in [-0.3, -0.25) is 4.79 Å². The van der Waals surface area contributed by atoms with E-state index >= 15 is 0 Å². The number of aromatic nitrogens is 1. The summed E-state index contributed by atoms with van der Waals surface area (Å²) in [5.74, 6) is 0.238. The fraction of sp³-hybridized carbons (Fsp3) is 0.481. The van der Waals surface area contributed by atoms with E-state index in [-0.39, 0.29) is 24.2 Å². The van der Waals surface area contributed by atoms with Crippen molar-refractivity contribution in [1.29, 1.82) is 0 Å². The lowest BCUT2D eigenvalue weighted by atomic mass is 9.55. The first-order chi connectivity index (χ1) is 17.8. The first-order valence-electron chi connectivity index (χ1n) is 12.3. The topological polar surface area (TPSA) is 120 Å². The van der Waals surface area contributed by atoms with Gasteiger partial charge in [0.1, 0.15) is 34.8 Å². The summed E-state index contributed by atoms with van der Waals surface area (Å²) in [6.07, 6.45) is 0.774. The van der Waals surface area contributed by atoms with E-state index in [0.29, 0.717) is 35.2 Å². The molecule has 0 saturated carbocycles. The number of nitrogens with one attached hydrogen (secondary N) is 2. The molecule has 2 N–H and O–H groups in total. The number of amidine groups is 1. The summed E-state index contributed by atoms with van der Waals surface area (Å²) < 4.78 is 23.5. The Labute approximate surface area is 226 Å². The second kappa shape index (κ2) is 8.84. The predicted molar refractivity (Wildman–Crippen MR) is 141 cm³/mol. The van der Waals surface area contributed by atoms with E-state index in [0.717, 1.165) is 5.56 Å². The molecule has 0 aliphatic carbocycles. The maximum Gasteiger partial charge on any atom is 0.415 e. The van der Waals surface area contributed by atoms with Gasteiger partial charge in [-0.2, -0.15) is 0 Å². The van der Waals surface area contributed by atoms with Gasteiger partial charge in [0.05, 0.1) is 23.7 Å². The van der Waals surface area contributed by atoms with E-state index in [1.807, 2.05) is 19.9 Å². The number of rotatable bonds is 2. The largest absolute Gasteiger partial charge is 0.487 e. The number of benzene rings is 1. The molecule has 1 unspecified atom stereocenters. The number of aliphatic imine (C=N–C) groups is 1. The van der Waals surface area contributed by atoms with Crippen molar-refractivity contribution in [3.05, 3.63) is 52.3 Å². The highest BCUT2D eigenvalue weighted by molar-refractivity contribution is 6.30. The van der Waals surface area contributed by atoms with Crippen molar-refractivity contribution in [3.8, 4) is 5.75 Å². The Hall–Kier alpha value is -3.37. The molecule has 4 heterocycles. The molecule has 10 nitrogen and oxygen atoms in total. The quantitative estimate of drug-likeness (QED) is 0.569. The summed E-state index contributed by atoms with van der Waals surface area (Å²) in [4.78, 5) is 34.6. The molecule has 2 amide bonds. The lowest BCUT2D eigenvalue weighted by Gasteiger charge is -2.61. The molecule has 2 aromatic rings. The van der Waals surface area contributed by atoms with Gasteiger partial charge in [-0.05, 0) is 71.4 Å². The SMILES string of the molecule is Cc1cc(Cl)cnc1C(=O)Nc1ccc2c(c1)C1(COC(NC(=O)OC(C)(C)C)=N1)C1(COC1)C(C)(C)O2. The van der Waals surface area contributed by atoms with Crippen LogP contribution in [-0.4, -0.2) is 54.0 Å². The lowest BCUT2D eigenvalue weighted by Crippen LogP contribution is -2.71. The Balaban J connectivity index is 1.53. The molecule has 38 heavy (non-hydrogen) atoms. The minimum Gasteiger partial charge on any atom is -0.487 e. The van der Waals surface area contributed by atoms with Crippen LogP contribution in [0.1, 0.15) is 56.2 Å². The van der Waals surface area contributed by atoms with Crippen LogP contribution in [0.4, 0.5) is 10.5 Å². The van der Waals surface area contributed by atoms with Crippen molar-refractivity contribution in [2.45, 2.75) is 58.3 Å². The Morgan fingerprint density at radius 2 is 1.84 bits per heavy atom. The maximum absolute atomic E-state index is 13.0. The Morgan fingerprint density at radius 3 is 2.47 bits per heavy atom. The molecule has 202 valence electrons. The molecule has 1 saturated heterocycles. The number of halogens is 1. The molecular formula is C27H31ClN4O6. The van der Waals surface area contributed by atoms with Gasteiger partial charge >= 0.3 is 6.09 Å². The normalized spacial score (nSPS) is 22.4. The zero-order chi connectivity index (χ0) is 27.5. The molecular weight excluding hydrogens is 512 g/mol. The summed E-state index contributed by atoms with van der Waals surface area (Å²) in [5.41, 5.74) is -0.681. The number of hydrogen-bond acceptors (Lipinski definition) is 8. The highest BCUT2D eigenvalue weighted by atomic mass is 35.5. The van der Waals surface area contributed by atoms with E-state index in [1.165, 1.54) is 6.20 Å². The summed E-state index contributed by atoms with van der Waals surface area (Å²) in [6.45, 7) is 12.0. The van der Waals surface area contributed by atoms with Gasteiger partial charge in [0.25, 0.3) is 11.9 Å². The standard InChI is InChI=1S/C27H31ClN4O6/c1-15-9-16(28)11-29-20(15)21(33)30-17-7-8-19-18(10-17)27(26(12-35-13-26)25(5,6)37-19)14-36-22(32-27)31-23(34)38-24(2,3)4/h7-11H,12-14H2,1-6H3,(H,30,33)(H,31,32,34). The van der Waals surface area contributed by atoms with Crippen molar-refractivity contribution in [2.24, 2.45) is 10.4 Å². The van der Waals surface area contributed by atoms with Gasteiger partial charge in [0.15, 0.2) is 0 Å². The third-order valence-electron chi connectivity index (χ3n) is 7.27. The monoisotopic (exact) mass is 542 g/mol. The van der Waals surface area contributed by atoms with E-state index in [1.54, 1.807) is 45.9 Å². The van der Waals surface area contributed by atoms with E-state index in [9.17, 15) is 9.59 Å². The van der Waals surface area contributed by atoms with E-state index < -0.39 is 28.2 Å². The number of carbonyl (C=O) groups excluding carboxylic acids is 2. The third kappa shape index (κ3) is 4.25. The number of amides is 2. The van der Waals surface area contributed by atoms with Gasteiger partial charge in [-0.15, -0.1) is 0 Å². The number of anilines is 1. The van der Waals surface area contributed by atoms with Crippen LogP contribution in [0, 0.1) is 12.3 Å². The lowest BCUT2D eigenvalue weighted by molar-refractivity contribution is -0.247. The molecule has 3 aliphatic heterocycles. The van der Waals surface area contributed by atoms with Crippen LogP contribution in [0.25, 0.3) is 0 Å². The van der Waals surface area contributed by atoms with Crippen molar-refractivity contribution in [2.75, 3.05) is 25.1 Å². The van der Waals surface area contributed by atoms with Crippen LogP contribution >= 0.6 is 11.6 Å². The molecule has 2 spiro atoms. The molecule has 0 radical (unpaired) electrons. The second-order valence-corrected chi connectivity index (χ2v) is 11.8. The number of ether oxygens (including phenoxy) is 4. The highest BCUT2D eigenvalue weighted by Gasteiger charge is 2.71. The third-order valence-corrected chi connectivity index (χ3v) is 7.47. The van der Waals surface area contributed by atoms with Gasteiger partial charge in [0.2, 0.25) is 0 Å². The highest BCUT2D eigenvalue weighted by Crippen LogP contribution is 2.62. The molecule has 1 aromatic carbocycles. The van der Waals surface area contributed by atoms with Crippen molar-refractivity contribution in [3.63, 3.8) is 0 Å². The second-order valence-electron chi connectivity index (χ2n) is 11.4. The molecule has 0 bridgehead atoms. The van der Waals surface area contributed by atoms with Crippen LogP contribution < -0.4 is 15.4 Å². The molecule has 5 rings (SSSR count). The van der Waals surface area contributed by atoms with Gasteiger partial charge < -0.3 is 24.3 Å². The van der Waals surface area contributed by atoms with Gasteiger partial charge in [-0.25, -0.2) is 20.1 Å².